The quantitative estimate of drug-likeness (QED) is 0.474. The lowest BCUT2D eigenvalue weighted by molar-refractivity contribution is -0.144. The van der Waals surface area contributed by atoms with Crippen LogP contribution in [0.4, 0.5) is 0 Å². The van der Waals surface area contributed by atoms with Crippen molar-refractivity contribution in [3.8, 4) is 5.75 Å². The van der Waals surface area contributed by atoms with Crippen LogP contribution in [-0.4, -0.2) is 29.3 Å². The number of rotatable bonds is 5. The van der Waals surface area contributed by atoms with Crippen LogP contribution in [0.1, 0.15) is 30.1 Å². The Hall–Kier alpha value is -1.36. The fourth-order valence-electron chi connectivity index (χ4n) is 2.07. The molecule has 102 valence electrons. The molecule has 1 aliphatic heterocycles. The smallest absolute Gasteiger partial charge is 0.306 e. The SMILES string of the molecule is CCOc1ccc(C(=O)[C@@]2(CBr)CCC(=O)O2)cc1. The van der Waals surface area contributed by atoms with Crippen LogP contribution in [0.3, 0.4) is 0 Å². The Balaban J connectivity index is 2.20. The van der Waals surface area contributed by atoms with E-state index in [0.29, 0.717) is 23.9 Å². The summed E-state index contributed by atoms with van der Waals surface area (Å²) in [6.07, 6.45) is 0.706. The second kappa shape index (κ2) is 5.74. The summed E-state index contributed by atoms with van der Waals surface area (Å²) in [7, 11) is 0. The molecule has 0 saturated carbocycles. The van der Waals surface area contributed by atoms with Crippen LogP contribution >= 0.6 is 15.9 Å². The Morgan fingerprint density at radius 2 is 2.11 bits per heavy atom. The molecule has 1 aliphatic rings. The molecule has 0 N–H and O–H groups in total. The predicted molar refractivity (Wildman–Crippen MR) is 73.8 cm³/mol. The van der Waals surface area contributed by atoms with E-state index >= 15 is 0 Å². The van der Waals surface area contributed by atoms with Crippen molar-refractivity contribution in [1.82, 2.24) is 0 Å². The number of ketones is 1. The van der Waals surface area contributed by atoms with Gasteiger partial charge in [0, 0.05) is 18.4 Å². The van der Waals surface area contributed by atoms with Crippen LogP contribution in [0.15, 0.2) is 24.3 Å². The normalized spacial score (nSPS) is 22.1. The Morgan fingerprint density at radius 3 is 2.58 bits per heavy atom. The molecule has 1 aromatic carbocycles. The van der Waals surface area contributed by atoms with E-state index in [1.54, 1.807) is 24.3 Å². The van der Waals surface area contributed by atoms with Crippen LogP contribution in [-0.2, 0) is 9.53 Å². The minimum absolute atomic E-state index is 0.168. The number of esters is 1. The zero-order chi connectivity index (χ0) is 13.9. The minimum Gasteiger partial charge on any atom is -0.494 e. The average molecular weight is 327 g/mol. The van der Waals surface area contributed by atoms with E-state index in [9.17, 15) is 9.59 Å². The first-order chi connectivity index (χ1) is 9.11. The molecule has 0 aromatic heterocycles. The molecule has 0 aliphatic carbocycles. The molecule has 0 spiro atoms. The van der Waals surface area contributed by atoms with Gasteiger partial charge in [0.05, 0.1) is 11.9 Å². The molecular weight excluding hydrogens is 312 g/mol. The Labute approximate surface area is 120 Å². The molecule has 1 heterocycles. The molecule has 1 aromatic rings. The summed E-state index contributed by atoms with van der Waals surface area (Å²) in [5, 5.41) is 0.317. The van der Waals surface area contributed by atoms with Gasteiger partial charge in [-0.05, 0) is 31.2 Å². The van der Waals surface area contributed by atoms with E-state index in [1.807, 2.05) is 6.92 Å². The predicted octanol–water partition coefficient (Wildman–Crippen LogP) is 2.74. The van der Waals surface area contributed by atoms with Crippen molar-refractivity contribution in [1.29, 1.82) is 0 Å². The van der Waals surface area contributed by atoms with Crippen LogP contribution in [0.5, 0.6) is 5.75 Å². The third-order valence-electron chi connectivity index (χ3n) is 3.10. The molecule has 0 amide bonds. The summed E-state index contributed by atoms with van der Waals surface area (Å²) in [6.45, 7) is 2.48. The topological polar surface area (TPSA) is 52.6 Å². The van der Waals surface area contributed by atoms with E-state index in [1.165, 1.54) is 0 Å². The largest absolute Gasteiger partial charge is 0.494 e. The van der Waals surface area contributed by atoms with Crippen molar-refractivity contribution >= 4 is 27.7 Å². The zero-order valence-corrected chi connectivity index (χ0v) is 12.2. The highest BCUT2D eigenvalue weighted by Gasteiger charge is 2.46. The average Bonchev–Trinajstić information content (AvgIpc) is 2.82. The van der Waals surface area contributed by atoms with Crippen LogP contribution in [0.2, 0.25) is 0 Å². The van der Waals surface area contributed by atoms with Crippen molar-refractivity contribution in [2.75, 3.05) is 11.9 Å². The number of hydrogen-bond acceptors (Lipinski definition) is 4. The standard InChI is InChI=1S/C14H15BrO4/c1-2-18-11-5-3-10(4-6-11)13(17)14(9-15)8-7-12(16)19-14/h3-6H,2,7-9H2,1H3/t14-/m0/s1. The number of benzene rings is 1. The molecule has 2 rings (SSSR count). The Bertz CT molecular complexity index is 483. The summed E-state index contributed by atoms with van der Waals surface area (Å²) in [6, 6.07) is 6.89. The third kappa shape index (κ3) is 2.81. The lowest BCUT2D eigenvalue weighted by Gasteiger charge is -2.23. The van der Waals surface area contributed by atoms with Crippen molar-refractivity contribution in [2.24, 2.45) is 0 Å². The molecule has 4 nitrogen and oxygen atoms in total. The highest BCUT2D eigenvalue weighted by atomic mass is 79.9. The fraction of sp³-hybridized carbons (Fsp3) is 0.429. The maximum Gasteiger partial charge on any atom is 0.306 e. The summed E-state index contributed by atoms with van der Waals surface area (Å²) < 4.78 is 10.6. The molecule has 0 unspecified atom stereocenters. The molecular formula is C14H15BrO4. The highest BCUT2D eigenvalue weighted by Crippen LogP contribution is 2.32. The van der Waals surface area contributed by atoms with Gasteiger partial charge in [-0.3, -0.25) is 9.59 Å². The van der Waals surface area contributed by atoms with E-state index in [4.69, 9.17) is 9.47 Å². The van der Waals surface area contributed by atoms with Crippen molar-refractivity contribution in [3.63, 3.8) is 0 Å². The van der Waals surface area contributed by atoms with Gasteiger partial charge in [0.2, 0.25) is 5.78 Å². The number of Topliss-reactive ketones (excluding diaryl/α,β-unsaturated/α-hetero) is 1. The lowest BCUT2D eigenvalue weighted by atomic mass is 9.92. The zero-order valence-electron chi connectivity index (χ0n) is 10.6. The lowest BCUT2D eigenvalue weighted by Crippen LogP contribution is -2.40. The summed E-state index contributed by atoms with van der Waals surface area (Å²) in [5.74, 6) is 0.229. The van der Waals surface area contributed by atoms with Crippen molar-refractivity contribution in [3.05, 3.63) is 29.8 Å². The molecule has 0 bridgehead atoms. The molecule has 1 fully saturated rings. The van der Waals surface area contributed by atoms with Gasteiger partial charge in [0.25, 0.3) is 0 Å². The van der Waals surface area contributed by atoms with Gasteiger partial charge in [-0.15, -0.1) is 0 Å². The number of cyclic esters (lactones) is 1. The van der Waals surface area contributed by atoms with Gasteiger partial charge in [0.1, 0.15) is 5.75 Å². The van der Waals surface area contributed by atoms with Gasteiger partial charge in [-0.25, -0.2) is 0 Å². The Morgan fingerprint density at radius 1 is 1.42 bits per heavy atom. The van der Waals surface area contributed by atoms with Crippen LogP contribution < -0.4 is 4.74 Å². The van der Waals surface area contributed by atoms with E-state index in [-0.39, 0.29) is 18.2 Å². The number of alkyl halides is 1. The maximum atomic E-state index is 12.5. The number of hydrogen-bond donors (Lipinski definition) is 0. The molecule has 1 saturated heterocycles. The van der Waals surface area contributed by atoms with E-state index in [2.05, 4.69) is 15.9 Å². The molecule has 1 atom stereocenters. The third-order valence-corrected chi connectivity index (χ3v) is 4.01. The van der Waals surface area contributed by atoms with E-state index in [0.717, 1.165) is 5.75 Å². The monoisotopic (exact) mass is 326 g/mol. The van der Waals surface area contributed by atoms with Crippen LogP contribution in [0.25, 0.3) is 0 Å². The summed E-state index contributed by atoms with van der Waals surface area (Å²) in [5.41, 5.74) is -0.526. The van der Waals surface area contributed by atoms with Crippen molar-refractivity contribution < 1.29 is 19.1 Å². The molecule has 5 heteroatoms. The van der Waals surface area contributed by atoms with Gasteiger partial charge in [0.15, 0.2) is 5.60 Å². The minimum atomic E-state index is -1.05. The second-order valence-electron chi connectivity index (χ2n) is 4.39. The first-order valence-electron chi connectivity index (χ1n) is 6.17. The Kier molecular flexibility index (Phi) is 4.24. The number of ether oxygens (including phenoxy) is 2. The molecule has 0 radical (unpaired) electrons. The first-order valence-corrected chi connectivity index (χ1v) is 7.29. The van der Waals surface area contributed by atoms with Gasteiger partial charge >= 0.3 is 5.97 Å². The van der Waals surface area contributed by atoms with E-state index < -0.39 is 5.60 Å². The van der Waals surface area contributed by atoms with Crippen LogP contribution in [0, 0.1) is 0 Å². The van der Waals surface area contributed by atoms with Gasteiger partial charge < -0.3 is 9.47 Å². The molecule has 19 heavy (non-hydrogen) atoms. The number of carbonyl (C=O) groups excluding carboxylic acids is 2. The number of halogens is 1. The van der Waals surface area contributed by atoms with Gasteiger partial charge in [-0.2, -0.15) is 0 Å². The van der Waals surface area contributed by atoms with Crippen molar-refractivity contribution in [2.45, 2.75) is 25.4 Å². The first kappa shape index (κ1) is 14.1. The number of carbonyl (C=O) groups is 2. The highest BCUT2D eigenvalue weighted by molar-refractivity contribution is 9.09. The second-order valence-corrected chi connectivity index (χ2v) is 4.95. The fourth-order valence-corrected chi connectivity index (χ4v) is 2.72. The summed E-state index contributed by atoms with van der Waals surface area (Å²) >= 11 is 3.28. The summed E-state index contributed by atoms with van der Waals surface area (Å²) in [4.78, 5) is 23.7. The van der Waals surface area contributed by atoms with Gasteiger partial charge in [-0.1, -0.05) is 15.9 Å². The maximum absolute atomic E-state index is 12.5.